The molecule has 0 N–H and O–H groups in total. The Bertz CT molecular complexity index is 821. The van der Waals surface area contributed by atoms with Crippen LogP contribution >= 0.6 is 0 Å². The largest absolute Gasteiger partial charge is 0.447 e. The van der Waals surface area contributed by atoms with Gasteiger partial charge in [0.1, 0.15) is 8.07 Å². The average Bonchev–Trinajstić information content (AvgIpc) is 2.58. The Balaban J connectivity index is 2.35. The van der Waals surface area contributed by atoms with Gasteiger partial charge in [-0.2, -0.15) is 0 Å². The quantitative estimate of drug-likeness (QED) is 0.460. The van der Waals surface area contributed by atoms with Gasteiger partial charge in [0, 0.05) is 12.7 Å². The van der Waals surface area contributed by atoms with Crippen molar-refractivity contribution in [2.24, 2.45) is 0 Å². The van der Waals surface area contributed by atoms with Crippen molar-refractivity contribution in [2.45, 2.75) is 45.2 Å². The molecule has 2 aromatic carbocycles. The molecule has 0 aliphatic carbocycles. The molecule has 1 unspecified atom stereocenters. The zero-order valence-electron chi connectivity index (χ0n) is 15.8. The van der Waals surface area contributed by atoms with E-state index in [1.165, 1.54) is 7.11 Å². The van der Waals surface area contributed by atoms with E-state index in [0.29, 0.717) is 0 Å². The normalized spacial score (nSPS) is 15.0. The number of carbonyl (C=O) groups excluding carboxylic acids is 1. The van der Waals surface area contributed by atoms with E-state index in [0.717, 1.165) is 16.3 Å². The van der Waals surface area contributed by atoms with Gasteiger partial charge >= 0.3 is 5.97 Å². The van der Waals surface area contributed by atoms with Crippen LogP contribution in [0.15, 0.2) is 42.5 Å². The van der Waals surface area contributed by atoms with Crippen molar-refractivity contribution in [3.63, 3.8) is 0 Å². The fourth-order valence-electron chi connectivity index (χ4n) is 2.57. The summed E-state index contributed by atoms with van der Waals surface area (Å²) in [7, 11) is 0.0201. The molecule has 132 valence electrons. The summed E-state index contributed by atoms with van der Waals surface area (Å²) in [5.74, 6) is 2.62. The molecule has 0 heterocycles. The Morgan fingerprint density at radius 1 is 1.12 bits per heavy atom. The lowest BCUT2D eigenvalue weighted by atomic mass is 9.90. The van der Waals surface area contributed by atoms with E-state index in [1.807, 2.05) is 42.5 Å². The number of hydrogen-bond donors (Lipinski definition) is 0. The molecular weight excluding hydrogens is 328 g/mol. The van der Waals surface area contributed by atoms with E-state index >= 15 is 0 Å². The number of carbonyl (C=O) groups is 1. The second-order valence-electron chi connectivity index (χ2n) is 7.33. The number of esters is 1. The molecule has 4 heteroatoms. The van der Waals surface area contributed by atoms with E-state index in [9.17, 15) is 4.79 Å². The van der Waals surface area contributed by atoms with Crippen molar-refractivity contribution in [2.75, 3.05) is 7.11 Å². The first-order valence-corrected chi connectivity index (χ1v) is 11.9. The third kappa shape index (κ3) is 4.50. The summed E-state index contributed by atoms with van der Waals surface area (Å²) in [6.45, 7) is 10.0. The monoisotopic (exact) mass is 354 g/mol. The lowest BCUT2D eigenvalue weighted by molar-refractivity contribution is -0.170. The second kappa shape index (κ2) is 7.43. The SMILES string of the molecule is CO[C@](C)(C(=O)OC(C)C#C[Si](C)(C)C)c1cccc2ccccc12. The highest BCUT2D eigenvalue weighted by molar-refractivity contribution is 6.83. The van der Waals surface area contributed by atoms with Crippen molar-refractivity contribution >= 4 is 24.8 Å². The van der Waals surface area contributed by atoms with Crippen molar-refractivity contribution in [3.05, 3.63) is 48.0 Å². The van der Waals surface area contributed by atoms with Crippen LogP contribution in [0.1, 0.15) is 19.4 Å². The van der Waals surface area contributed by atoms with Gasteiger partial charge in [-0.25, -0.2) is 4.79 Å². The second-order valence-corrected chi connectivity index (χ2v) is 12.1. The van der Waals surface area contributed by atoms with Crippen LogP contribution in [-0.2, 0) is 19.9 Å². The summed E-state index contributed by atoms with van der Waals surface area (Å²) < 4.78 is 11.2. The van der Waals surface area contributed by atoms with Crippen LogP contribution in [0.5, 0.6) is 0 Å². The zero-order valence-corrected chi connectivity index (χ0v) is 16.8. The van der Waals surface area contributed by atoms with E-state index in [-0.39, 0.29) is 0 Å². The highest BCUT2D eigenvalue weighted by atomic mass is 28.3. The maximum Gasteiger partial charge on any atom is 0.344 e. The number of methoxy groups -OCH3 is 1. The van der Waals surface area contributed by atoms with Gasteiger partial charge in [0.25, 0.3) is 0 Å². The van der Waals surface area contributed by atoms with Crippen LogP contribution in [0.4, 0.5) is 0 Å². The molecule has 0 aliphatic heterocycles. The van der Waals surface area contributed by atoms with Crippen LogP contribution in [0.2, 0.25) is 19.6 Å². The zero-order chi connectivity index (χ0) is 18.7. The Kier molecular flexibility index (Phi) is 5.71. The molecule has 0 bridgehead atoms. The third-order valence-electron chi connectivity index (χ3n) is 4.04. The standard InChI is InChI=1S/C21H26O3Si/c1-16(14-15-25(4,5)6)24-20(22)21(2,23-3)19-13-9-11-17-10-7-8-12-18(17)19/h7-13,16H,1-6H3/t16?,21-/m0/s1. The molecule has 0 saturated heterocycles. The molecule has 2 atom stereocenters. The van der Waals surface area contributed by atoms with E-state index in [2.05, 4.69) is 31.1 Å². The number of ether oxygens (including phenoxy) is 2. The number of rotatable bonds is 4. The first kappa shape index (κ1) is 19.2. The summed E-state index contributed by atoms with van der Waals surface area (Å²) in [6.07, 6.45) is -0.469. The molecule has 0 saturated carbocycles. The molecule has 0 aliphatic rings. The molecule has 2 rings (SSSR count). The van der Waals surface area contributed by atoms with Crippen molar-refractivity contribution in [1.82, 2.24) is 0 Å². The van der Waals surface area contributed by atoms with E-state index in [1.54, 1.807) is 13.8 Å². The maximum atomic E-state index is 12.9. The lowest BCUT2D eigenvalue weighted by Gasteiger charge is -2.28. The summed E-state index contributed by atoms with van der Waals surface area (Å²) in [5, 5.41) is 2.04. The van der Waals surface area contributed by atoms with Crippen LogP contribution in [-0.4, -0.2) is 27.3 Å². The van der Waals surface area contributed by atoms with Gasteiger partial charge in [0.05, 0.1) is 0 Å². The van der Waals surface area contributed by atoms with Crippen molar-refractivity contribution < 1.29 is 14.3 Å². The predicted molar refractivity (Wildman–Crippen MR) is 105 cm³/mol. The Labute approximate surface area is 151 Å². The summed E-state index contributed by atoms with van der Waals surface area (Å²) in [4.78, 5) is 12.9. The Hall–Kier alpha value is -2.09. The van der Waals surface area contributed by atoms with E-state index in [4.69, 9.17) is 9.47 Å². The van der Waals surface area contributed by atoms with Gasteiger partial charge in [-0.1, -0.05) is 68.0 Å². The number of benzene rings is 2. The van der Waals surface area contributed by atoms with Gasteiger partial charge in [0.15, 0.2) is 11.7 Å². The molecule has 0 radical (unpaired) electrons. The summed E-state index contributed by atoms with van der Waals surface area (Å²) >= 11 is 0. The number of fused-ring (bicyclic) bond motifs is 1. The van der Waals surface area contributed by atoms with Crippen LogP contribution in [0.25, 0.3) is 10.8 Å². The molecule has 2 aromatic rings. The van der Waals surface area contributed by atoms with Gasteiger partial charge in [0.2, 0.25) is 0 Å². The highest BCUT2D eigenvalue weighted by Gasteiger charge is 2.39. The topological polar surface area (TPSA) is 35.5 Å². The molecular formula is C21H26O3Si. The smallest absolute Gasteiger partial charge is 0.344 e. The summed E-state index contributed by atoms with van der Waals surface area (Å²) in [6, 6.07) is 13.8. The first-order chi connectivity index (χ1) is 11.7. The molecule has 0 fully saturated rings. The predicted octanol–water partition coefficient (Wildman–Crippen LogP) is 4.51. The molecule has 25 heavy (non-hydrogen) atoms. The minimum absolute atomic E-state index is 0.427. The van der Waals surface area contributed by atoms with Gasteiger partial charge < -0.3 is 9.47 Å². The van der Waals surface area contributed by atoms with Gasteiger partial charge in [-0.15, -0.1) is 5.54 Å². The molecule has 0 aromatic heterocycles. The Morgan fingerprint density at radius 2 is 1.76 bits per heavy atom. The maximum absolute atomic E-state index is 12.9. The van der Waals surface area contributed by atoms with Gasteiger partial charge in [-0.3, -0.25) is 0 Å². The van der Waals surface area contributed by atoms with E-state index < -0.39 is 25.7 Å². The molecule has 0 spiro atoms. The lowest BCUT2D eigenvalue weighted by Crippen LogP contribution is -2.38. The van der Waals surface area contributed by atoms with Crippen LogP contribution in [0, 0.1) is 11.5 Å². The van der Waals surface area contributed by atoms with Gasteiger partial charge in [-0.05, 0) is 24.6 Å². The average molecular weight is 355 g/mol. The minimum Gasteiger partial charge on any atom is -0.447 e. The van der Waals surface area contributed by atoms with Crippen molar-refractivity contribution in [3.8, 4) is 11.5 Å². The fraction of sp³-hybridized carbons (Fsp3) is 0.381. The highest BCUT2D eigenvalue weighted by Crippen LogP contribution is 2.32. The van der Waals surface area contributed by atoms with Crippen LogP contribution < -0.4 is 0 Å². The minimum atomic E-state index is -1.51. The van der Waals surface area contributed by atoms with Crippen LogP contribution in [0.3, 0.4) is 0 Å². The van der Waals surface area contributed by atoms with Crippen molar-refractivity contribution in [1.29, 1.82) is 0 Å². The molecule has 0 amide bonds. The number of hydrogen-bond acceptors (Lipinski definition) is 3. The Morgan fingerprint density at radius 3 is 2.40 bits per heavy atom. The fourth-order valence-corrected chi connectivity index (χ4v) is 3.20. The first-order valence-electron chi connectivity index (χ1n) is 8.44. The summed E-state index contributed by atoms with van der Waals surface area (Å²) in [5.41, 5.74) is 2.85. The molecule has 3 nitrogen and oxygen atoms in total. The third-order valence-corrected chi connectivity index (χ3v) is 4.93.